The Morgan fingerprint density at radius 1 is 1.04 bits per heavy atom. The van der Waals surface area contributed by atoms with E-state index in [1.807, 2.05) is 0 Å². The summed E-state index contributed by atoms with van der Waals surface area (Å²) in [4.78, 5) is 45.0. The van der Waals surface area contributed by atoms with Crippen molar-refractivity contribution in [2.45, 2.75) is 46.1 Å². The Balaban J connectivity index is 3.20. The van der Waals surface area contributed by atoms with Gasteiger partial charge in [0.15, 0.2) is 12.4 Å². The van der Waals surface area contributed by atoms with E-state index < -0.39 is 42.3 Å². The van der Waals surface area contributed by atoms with Crippen LogP contribution in [0.4, 0.5) is 0 Å². The largest absolute Gasteiger partial charge is 0.477 e. The number of carboxylic acids is 1. The third-order valence-electron chi connectivity index (χ3n) is 3.34. The number of nitrogens with zero attached hydrogens (tertiary/aromatic N) is 1. The number of rotatable bonds is 10. The molecule has 10 heteroatoms. The number of hydrogen-bond donors (Lipinski definition) is 1. The van der Waals surface area contributed by atoms with Crippen molar-refractivity contribution >= 4 is 23.9 Å². The van der Waals surface area contributed by atoms with Crippen LogP contribution in [0.1, 0.15) is 44.3 Å². The number of carbonyl (C=O) groups is 4. The SMILES string of the molecule is CC(=O)OCC(C)OC([C@H](COC(C)=O)OC(C)=O)[n+]1cccc(C(=O)O)c1. The fourth-order valence-corrected chi connectivity index (χ4v) is 2.23. The van der Waals surface area contributed by atoms with E-state index in [9.17, 15) is 24.3 Å². The number of aromatic nitrogens is 1. The molecule has 28 heavy (non-hydrogen) atoms. The second kappa shape index (κ2) is 11.0. The van der Waals surface area contributed by atoms with E-state index >= 15 is 0 Å². The second-order valence-electron chi connectivity index (χ2n) is 5.94. The maximum absolute atomic E-state index is 11.5. The predicted molar refractivity (Wildman–Crippen MR) is 92.0 cm³/mol. The Bertz CT molecular complexity index is 719. The van der Waals surface area contributed by atoms with E-state index in [1.165, 1.54) is 49.9 Å². The van der Waals surface area contributed by atoms with Crippen LogP contribution in [0.3, 0.4) is 0 Å². The van der Waals surface area contributed by atoms with Gasteiger partial charge in [-0.1, -0.05) is 0 Å². The lowest BCUT2D eigenvalue weighted by Crippen LogP contribution is -2.51. The van der Waals surface area contributed by atoms with Crippen LogP contribution >= 0.6 is 0 Å². The molecular formula is C18H24NO9+. The molecule has 0 aliphatic carbocycles. The highest BCUT2D eigenvalue weighted by molar-refractivity contribution is 5.86. The molecule has 0 bridgehead atoms. The highest BCUT2D eigenvalue weighted by Gasteiger charge is 2.36. The number of hydrogen-bond acceptors (Lipinski definition) is 8. The van der Waals surface area contributed by atoms with Gasteiger partial charge in [0.2, 0.25) is 6.10 Å². The number of aromatic carboxylic acids is 1. The monoisotopic (exact) mass is 398 g/mol. The zero-order valence-corrected chi connectivity index (χ0v) is 16.1. The lowest BCUT2D eigenvalue weighted by atomic mass is 10.2. The topological polar surface area (TPSA) is 129 Å². The molecule has 1 aromatic heterocycles. The smallest absolute Gasteiger partial charge is 0.341 e. The van der Waals surface area contributed by atoms with Crippen LogP contribution in [-0.4, -0.2) is 54.4 Å². The number of ether oxygens (including phenoxy) is 4. The molecule has 0 amide bonds. The maximum atomic E-state index is 11.5. The van der Waals surface area contributed by atoms with Crippen molar-refractivity contribution in [3.8, 4) is 0 Å². The minimum atomic E-state index is -1.16. The first-order chi connectivity index (χ1) is 13.1. The Labute approximate surface area is 161 Å². The second-order valence-corrected chi connectivity index (χ2v) is 5.94. The fraction of sp³-hybridized carbons (Fsp3) is 0.500. The van der Waals surface area contributed by atoms with Crippen molar-refractivity contribution < 1.29 is 47.8 Å². The Morgan fingerprint density at radius 3 is 2.18 bits per heavy atom. The van der Waals surface area contributed by atoms with Gasteiger partial charge in [0.05, 0.1) is 6.10 Å². The van der Waals surface area contributed by atoms with Crippen molar-refractivity contribution in [3.63, 3.8) is 0 Å². The summed E-state index contributed by atoms with van der Waals surface area (Å²) in [5, 5.41) is 9.21. The first-order valence-electron chi connectivity index (χ1n) is 8.43. The Morgan fingerprint density at radius 2 is 1.64 bits per heavy atom. The number of pyridine rings is 1. The molecule has 1 rings (SSSR count). The number of esters is 3. The predicted octanol–water partition coefficient (Wildman–Crippen LogP) is 0.634. The van der Waals surface area contributed by atoms with Crippen molar-refractivity contribution in [1.29, 1.82) is 0 Å². The minimum absolute atomic E-state index is 0.0298. The van der Waals surface area contributed by atoms with Crippen LogP contribution in [0.15, 0.2) is 24.5 Å². The number of carbonyl (C=O) groups excluding carboxylic acids is 3. The zero-order chi connectivity index (χ0) is 21.3. The molecule has 0 saturated heterocycles. The normalized spacial score (nSPS) is 13.7. The zero-order valence-electron chi connectivity index (χ0n) is 16.1. The van der Waals surface area contributed by atoms with Crippen molar-refractivity contribution in [1.82, 2.24) is 0 Å². The van der Waals surface area contributed by atoms with Crippen molar-refractivity contribution in [2.24, 2.45) is 0 Å². The van der Waals surface area contributed by atoms with Gasteiger partial charge in [-0.3, -0.25) is 14.4 Å². The average Bonchev–Trinajstić information content (AvgIpc) is 2.61. The Hall–Kier alpha value is -3.01. The van der Waals surface area contributed by atoms with E-state index in [0.717, 1.165) is 0 Å². The van der Waals surface area contributed by atoms with E-state index in [4.69, 9.17) is 18.9 Å². The van der Waals surface area contributed by atoms with Crippen molar-refractivity contribution in [2.75, 3.05) is 13.2 Å². The van der Waals surface area contributed by atoms with Crippen LogP contribution in [-0.2, 0) is 33.3 Å². The summed E-state index contributed by atoms with van der Waals surface area (Å²) in [6.07, 6.45) is 0.0454. The van der Waals surface area contributed by atoms with Crippen LogP contribution in [0.2, 0.25) is 0 Å². The minimum Gasteiger partial charge on any atom is -0.477 e. The molecule has 1 N–H and O–H groups in total. The van der Waals surface area contributed by atoms with Gasteiger partial charge in [-0.15, -0.1) is 0 Å². The van der Waals surface area contributed by atoms with Gasteiger partial charge in [-0.05, 0) is 13.0 Å². The maximum Gasteiger partial charge on any atom is 0.341 e. The number of carboxylic acid groups (broad SMARTS) is 1. The van der Waals surface area contributed by atoms with Crippen LogP contribution in [0, 0.1) is 0 Å². The molecule has 10 nitrogen and oxygen atoms in total. The third kappa shape index (κ3) is 8.12. The lowest BCUT2D eigenvalue weighted by Gasteiger charge is -2.25. The molecule has 1 aromatic rings. The summed E-state index contributed by atoms with van der Waals surface area (Å²) in [5.41, 5.74) is -0.0298. The standard InChI is InChI=1S/C18H23NO9/c1-11(9-25-12(2)20)27-17(16(28-14(4)22)10-26-13(3)21)19-7-5-6-15(8-19)18(23)24/h5-8,11,16-17H,9-10H2,1-4H3/p+1/t11?,16-,17?/m0/s1. The Kier molecular flexibility index (Phi) is 9.03. The lowest BCUT2D eigenvalue weighted by molar-refractivity contribution is -0.772. The first kappa shape index (κ1) is 23.0. The molecule has 1 heterocycles. The summed E-state index contributed by atoms with van der Waals surface area (Å²) in [6.45, 7) is 4.85. The molecule has 0 aliphatic rings. The highest BCUT2D eigenvalue weighted by atomic mass is 16.6. The molecule has 2 unspecified atom stereocenters. The van der Waals surface area contributed by atoms with Gasteiger partial charge in [-0.25, -0.2) is 4.79 Å². The fourth-order valence-electron chi connectivity index (χ4n) is 2.23. The summed E-state index contributed by atoms with van der Waals surface area (Å²) in [7, 11) is 0. The van der Waals surface area contributed by atoms with Crippen LogP contribution in [0.5, 0.6) is 0 Å². The van der Waals surface area contributed by atoms with Gasteiger partial charge in [-0.2, -0.15) is 4.57 Å². The molecule has 0 aromatic carbocycles. The van der Waals surface area contributed by atoms with Gasteiger partial charge in [0.25, 0.3) is 0 Å². The van der Waals surface area contributed by atoms with E-state index in [-0.39, 0.29) is 18.8 Å². The molecule has 0 aliphatic heterocycles. The van der Waals surface area contributed by atoms with Gasteiger partial charge >= 0.3 is 30.1 Å². The molecular weight excluding hydrogens is 374 g/mol. The van der Waals surface area contributed by atoms with E-state index in [1.54, 1.807) is 6.92 Å². The van der Waals surface area contributed by atoms with E-state index in [2.05, 4.69) is 0 Å². The molecule has 0 radical (unpaired) electrons. The first-order valence-corrected chi connectivity index (χ1v) is 8.43. The summed E-state index contributed by atoms with van der Waals surface area (Å²) in [6, 6.07) is 2.86. The molecule has 0 fully saturated rings. The van der Waals surface area contributed by atoms with Gasteiger partial charge in [0.1, 0.15) is 18.8 Å². The van der Waals surface area contributed by atoms with E-state index in [0.29, 0.717) is 0 Å². The van der Waals surface area contributed by atoms with Crippen molar-refractivity contribution in [3.05, 3.63) is 30.1 Å². The summed E-state index contributed by atoms with van der Waals surface area (Å²) < 4.78 is 22.3. The van der Waals surface area contributed by atoms with Crippen LogP contribution < -0.4 is 4.57 Å². The average molecular weight is 398 g/mol. The summed E-state index contributed by atoms with van der Waals surface area (Å²) >= 11 is 0. The molecule has 0 spiro atoms. The quantitative estimate of drug-likeness (QED) is 0.343. The molecule has 154 valence electrons. The third-order valence-corrected chi connectivity index (χ3v) is 3.34. The summed E-state index contributed by atoms with van der Waals surface area (Å²) in [5.74, 6) is -2.89. The van der Waals surface area contributed by atoms with Crippen LogP contribution in [0.25, 0.3) is 0 Å². The van der Waals surface area contributed by atoms with Gasteiger partial charge in [0, 0.05) is 26.8 Å². The molecule has 3 atom stereocenters. The molecule has 0 saturated carbocycles. The van der Waals surface area contributed by atoms with Gasteiger partial charge < -0.3 is 24.1 Å². The highest BCUT2D eigenvalue weighted by Crippen LogP contribution is 2.15.